The number of hydrogen-bond acceptors (Lipinski definition) is 6. The van der Waals surface area contributed by atoms with Gasteiger partial charge < -0.3 is 19.5 Å². The van der Waals surface area contributed by atoms with Gasteiger partial charge in [-0.1, -0.05) is 27.5 Å². The fourth-order valence-corrected chi connectivity index (χ4v) is 5.12. The van der Waals surface area contributed by atoms with Gasteiger partial charge in [-0.2, -0.15) is 0 Å². The van der Waals surface area contributed by atoms with Crippen LogP contribution in [0.2, 0.25) is 5.02 Å². The van der Waals surface area contributed by atoms with Crippen molar-refractivity contribution < 1.29 is 27.4 Å². The summed E-state index contributed by atoms with van der Waals surface area (Å²) in [6.07, 6.45) is 0. The average molecular weight is 584 g/mol. The molecule has 0 radical (unpaired) electrons. The van der Waals surface area contributed by atoms with E-state index >= 15 is 0 Å². The first-order chi connectivity index (χ1) is 16.7. The summed E-state index contributed by atoms with van der Waals surface area (Å²) >= 11 is 9.44. The van der Waals surface area contributed by atoms with Gasteiger partial charge in [0.2, 0.25) is 5.91 Å². The summed E-state index contributed by atoms with van der Waals surface area (Å²) < 4.78 is 44.8. The second-order valence-corrected chi connectivity index (χ2v) is 10.3. The molecular weight excluding hydrogens is 560 g/mol. The number of carbonyl (C=O) groups is 1. The number of ether oxygens (including phenoxy) is 3. The lowest BCUT2D eigenvalue weighted by atomic mass is 10.2. The van der Waals surface area contributed by atoms with Gasteiger partial charge in [0.05, 0.1) is 42.1 Å². The highest BCUT2D eigenvalue weighted by Gasteiger charge is 2.28. The lowest BCUT2D eigenvalue weighted by Crippen LogP contribution is -2.38. The van der Waals surface area contributed by atoms with E-state index in [0.29, 0.717) is 34.6 Å². The minimum atomic E-state index is -4.08. The summed E-state index contributed by atoms with van der Waals surface area (Å²) in [7, 11) is -1.21. The van der Waals surface area contributed by atoms with Crippen LogP contribution in [-0.4, -0.2) is 41.7 Å². The Morgan fingerprint density at radius 2 is 1.63 bits per heavy atom. The monoisotopic (exact) mass is 582 g/mol. The molecule has 0 saturated heterocycles. The molecule has 0 atom stereocenters. The van der Waals surface area contributed by atoms with Crippen molar-refractivity contribution >= 4 is 54.8 Å². The van der Waals surface area contributed by atoms with Crippen LogP contribution in [0.4, 0.5) is 11.4 Å². The zero-order valence-electron chi connectivity index (χ0n) is 19.2. The quantitative estimate of drug-likeness (QED) is 0.346. The molecule has 0 aliphatic rings. The molecule has 3 rings (SSSR count). The van der Waals surface area contributed by atoms with Crippen molar-refractivity contribution in [2.24, 2.45) is 0 Å². The molecule has 0 saturated carbocycles. The predicted molar refractivity (Wildman–Crippen MR) is 139 cm³/mol. The first-order valence-corrected chi connectivity index (χ1v) is 13.0. The van der Waals surface area contributed by atoms with Crippen LogP contribution in [0.3, 0.4) is 0 Å². The number of amides is 1. The summed E-state index contributed by atoms with van der Waals surface area (Å²) in [6, 6.07) is 15.6. The Bertz CT molecular complexity index is 1280. The van der Waals surface area contributed by atoms with Gasteiger partial charge in [0, 0.05) is 16.6 Å². The maximum Gasteiger partial charge on any atom is 0.264 e. The molecule has 0 spiro atoms. The van der Waals surface area contributed by atoms with E-state index in [4.69, 9.17) is 25.8 Å². The predicted octanol–water partition coefficient (Wildman–Crippen LogP) is 5.35. The Hall–Kier alpha value is -2.95. The molecule has 0 aliphatic carbocycles. The molecule has 0 fully saturated rings. The maximum absolute atomic E-state index is 13.5. The van der Waals surface area contributed by atoms with Gasteiger partial charge in [-0.05, 0) is 55.5 Å². The van der Waals surface area contributed by atoms with Crippen molar-refractivity contribution in [3.8, 4) is 17.2 Å². The lowest BCUT2D eigenvalue weighted by Gasteiger charge is -2.24. The molecule has 11 heteroatoms. The van der Waals surface area contributed by atoms with Crippen LogP contribution in [0, 0.1) is 0 Å². The molecule has 35 heavy (non-hydrogen) atoms. The maximum atomic E-state index is 13.5. The van der Waals surface area contributed by atoms with Crippen molar-refractivity contribution in [1.29, 1.82) is 0 Å². The molecule has 3 aromatic rings. The lowest BCUT2D eigenvalue weighted by molar-refractivity contribution is -0.114. The van der Waals surface area contributed by atoms with Crippen molar-refractivity contribution in [3.05, 3.63) is 70.2 Å². The van der Waals surface area contributed by atoms with Gasteiger partial charge in [0.15, 0.2) is 0 Å². The molecule has 1 amide bonds. The summed E-state index contributed by atoms with van der Waals surface area (Å²) in [5, 5.41) is 2.99. The second-order valence-electron chi connectivity index (χ2n) is 7.13. The number of methoxy groups -OCH3 is 2. The first kappa shape index (κ1) is 26.7. The molecule has 0 bridgehead atoms. The van der Waals surface area contributed by atoms with Crippen molar-refractivity contribution in [2.45, 2.75) is 11.8 Å². The first-order valence-electron chi connectivity index (χ1n) is 10.4. The molecular formula is C24H24BrClN2O6S. The SMILES string of the molecule is CCOc1ccc(N(CC(=O)Nc2cc(OC)c(Cl)cc2OC)S(=O)(=O)c2ccc(Br)cc2)cc1. The highest BCUT2D eigenvalue weighted by Crippen LogP contribution is 2.36. The average Bonchev–Trinajstić information content (AvgIpc) is 2.84. The van der Waals surface area contributed by atoms with Gasteiger partial charge in [-0.25, -0.2) is 8.42 Å². The van der Waals surface area contributed by atoms with Crippen LogP contribution >= 0.6 is 27.5 Å². The number of carbonyl (C=O) groups excluding carboxylic acids is 1. The molecule has 0 heterocycles. The summed E-state index contributed by atoms with van der Waals surface area (Å²) in [4.78, 5) is 13.1. The fourth-order valence-electron chi connectivity index (χ4n) is 3.20. The smallest absolute Gasteiger partial charge is 0.264 e. The van der Waals surface area contributed by atoms with Gasteiger partial charge in [-0.15, -0.1) is 0 Å². The molecule has 0 aliphatic heterocycles. The number of nitrogens with one attached hydrogen (secondary N) is 1. The highest BCUT2D eigenvalue weighted by atomic mass is 79.9. The Balaban J connectivity index is 1.97. The standard InChI is InChI=1S/C24H24BrClN2O6S/c1-4-34-18-9-7-17(8-10-18)28(35(30,31)19-11-5-16(25)6-12-19)15-24(29)27-21-14-22(32-2)20(26)13-23(21)33-3/h5-14H,4,15H2,1-3H3,(H,27,29). The third-order valence-electron chi connectivity index (χ3n) is 4.87. The van der Waals surface area contributed by atoms with Gasteiger partial charge >= 0.3 is 0 Å². The van der Waals surface area contributed by atoms with Crippen LogP contribution in [0.15, 0.2) is 70.0 Å². The Kier molecular flexibility index (Phi) is 8.87. The molecule has 0 unspecified atom stereocenters. The topological polar surface area (TPSA) is 94.2 Å². The summed E-state index contributed by atoms with van der Waals surface area (Å²) in [5.74, 6) is 0.614. The Labute approximate surface area is 217 Å². The zero-order chi connectivity index (χ0) is 25.6. The van der Waals surface area contributed by atoms with Crippen molar-refractivity contribution in [1.82, 2.24) is 0 Å². The number of sulfonamides is 1. The molecule has 1 N–H and O–H groups in total. The van der Waals surface area contributed by atoms with Crippen LogP contribution in [0.5, 0.6) is 17.2 Å². The van der Waals surface area contributed by atoms with Crippen LogP contribution in [0.25, 0.3) is 0 Å². The number of benzene rings is 3. The number of halogens is 2. The van der Waals surface area contributed by atoms with E-state index in [-0.39, 0.29) is 10.6 Å². The van der Waals surface area contributed by atoms with Gasteiger partial charge in [-0.3, -0.25) is 9.10 Å². The van der Waals surface area contributed by atoms with E-state index in [1.165, 1.54) is 38.5 Å². The molecule has 3 aromatic carbocycles. The number of anilines is 2. The van der Waals surface area contributed by atoms with E-state index in [2.05, 4.69) is 21.2 Å². The van der Waals surface area contributed by atoms with E-state index in [0.717, 1.165) is 8.78 Å². The highest BCUT2D eigenvalue weighted by molar-refractivity contribution is 9.10. The molecule has 186 valence electrons. The zero-order valence-corrected chi connectivity index (χ0v) is 22.4. The normalized spacial score (nSPS) is 11.0. The Morgan fingerprint density at radius 1 is 1.00 bits per heavy atom. The fraction of sp³-hybridized carbons (Fsp3) is 0.208. The van der Waals surface area contributed by atoms with Crippen LogP contribution in [-0.2, 0) is 14.8 Å². The van der Waals surface area contributed by atoms with Crippen LogP contribution in [0.1, 0.15) is 6.92 Å². The van der Waals surface area contributed by atoms with Gasteiger partial charge in [0.25, 0.3) is 10.0 Å². The summed E-state index contributed by atoms with van der Waals surface area (Å²) in [5.41, 5.74) is 0.582. The summed E-state index contributed by atoms with van der Waals surface area (Å²) in [6.45, 7) is 1.82. The number of hydrogen-bond donors (Lipinski definition) is 1. The van der Waals surface area contributed by atoms with Crippen molar-refractivity contribution in [3.63, 3.8) is 0 Å². The molecule has 0 aromatic heterocycles. The van der Waals surface area contributed by atoms with E-state index in [9.17, 15) is 13.2 Å². The second kappa shape index (κ2) is 11.7. The van der Waals surface area contributed by atoms with E-state index in [1.54, 1.807) is 36.4 Å². The molecule has 8 nitrogen and oxygen atoms in total. The minimum absolute atomic E-state index is 0.0353. The van der Waals surface area contributed by atoms with E-state index in [1.807, 2.05) is 6.92 Å². The van der Waals surface area contributed by atoms with Crippen molar-refractivity contribution in [2.75, 3.05) is 37.0 Å². The number of nitrogens with zero attached hydrogens (tertiary/aromatic N) is 1. The largest absolute Gasteiger partial charge is 0.495 e. The van der Waals surface area contributed by atoms with Gasteiger partial charge in [0.1, 0.15) is 23.8 Å². The Morgan fingerprint density at radius 3 is 2.20 bits per heavy atom. The van der Waals surface area contributed by atoms with Crippen LogP contribution < -0.4 is 23.8 Å². The third kappa shape index (κ3) is 6.39. The third-order valence-corrected chi connectivity index (χ3v) is 7.48. The minimum Gasteiger partial charge on any atom is -0.495 e. The number of rotatable bonds is 10. The van der Waals surface area contributed by atoms with E-state index < -0.39 is 22.5 Å².